The van der Waals surface area contributed by atoms with Gasteiger partial charge in [-0.15, -0.1) is 0 Å². The average molecular weight is 324 g/mol. The van der Waals surface area contributed by atoms with E-state index in [1.165, 1.54) is 0 Å². The number of aliphatic carboxylic acids is 1. The fourth-order valence-electron chi connectivity index (χ4n) is 3.68. The lowest BCUT2D eigenvalue weighted by Crippen LogP contribution is -2.44. The number of amides is 2. The molecule has 6 nitrogen and oxygen atoms in total. The number of carboxylic acids is 1. The van der Waals surface area contributed by atoms with Gasteiger partial charge >= 0.3 is 5.97 Å². The van der Waals surface area contributed by atoms with Crippen LogP contribution in [0.2, 0.25) is 0 Å². The van der Waals surface area contributed by atoms with Gasteiger partial charge in [-0.1, -0.05) is 12.8 Å². The van der Waals surface area contributed by atoms with Crippen LogP contribution in [0.5, 0.6) is 0 Å². The quantitative estimate of drug-likeness (QED) is 0.694. The molecule has 0 aliphatic heterocycles. The van der Waals surface area contributed by atoms with E-state index in [1.54, 1.807) is 6.92 Å². The molecule has 2 amide bonds. The molecular weight excluding hydrogens is 296 g/mol. The molecule has 0 aromatic rings. The second kappa shape index (κ2) is 8.31. The molecule has 0 radical (unpaired) electrons. The van der Waals surface area contributed by atoms with Crippen molar-refractivity contribution in [3.63, 3.8) is 0 Å². The summed E-state index contributed by atoms with van der Waals surface area (Å²) in [6.45, 7) is 1.71. The van der Waals surface area contributed by atoms with E-state index in [0.717, 1.165) is 51.4 Å². The predicted octanol–water partition coefficient (Wildman–Crippen LogP) is 1.83. The largest absolute Gasteiger partial charge is 0.481 e. The number of rotatable bonds is 6. The molecule has 0 spiro atoms. The molecule has 0 aromatic carbocycles. The van der Waals surface area contributed by atoms with Crippen LogP contribution in [0.4, 0.5) is 0 Å². The average Bonchev–Trinajstić information content (AvgIpc) is 3.01. The first-order valence-electron chi connectivity index (χ1n) is 8.78. The van der Waals surface area contributed by atoms with Crippen molar-refractivity contribution in [3.05, 3.63) is 0 Å². The molecule has 0 saturated heterocycles. The zero-order valence-electron chi connectivity index (χ0n) is 13.8. The second-order valence-electron chi connectivity index (χ2n) is 7.05. The summed E-state index contributed by atoms with van der Waals surface area (Å²) in [6.07, 6.45) is 7.41. The lowest BCUT2D eigenvalue weighted by molar-refractivity contribution is -0.137. The maximum Gasteiger partial charge on any atom is 0.305 e. The van der Waals surface area contributed by atoms with Crippen LogP contribution >= 0.6 is 0 Å². The maximum atomic E-state index is 12.1. The van der Waals surface area contributed by atoms with Crippen molar-refractivity contribution in [2.24, 2.45) is 11.8 Å². The van der Waals surface area contributed by atoms with Crippen LogP contribution in [0, 0.1) is 11.8 Å². The Morgan fingerprint density at radius 1 is 0.957 bits per heavy atom. The van der Waals surface area contributed by atoms with Crippen molar-refractivity contribution in [3.8, 4) is 0 Å². The van der Waals surface area contributed by atoms with Gasteiger partial charge in [0.15, 0.2) is 0 Å². The lowest BCUT2D eigenvalue weighted by Gasteiger charge is -2.29. The van der Waals surface area contributed by atoms with Gasteiger partial charge in [0.25, 0.3) is 0 Å². The first kappa shape index (κ1) is 17.8. The topological polar surface area (TPSA) is 95.5 Å². The van der Waals surface area contributed by atoms with Gasteiger partial charge in [-0.25, -0.2) is 0 Å². The van der Waals surface area contributed by atoms with Crippen LogP contribution in [-0.2, 0) is 14.4 Å². The first-order chi connectivity index (χ1) is 11.0. The van der Waals surface area contributed by atoms with E-state index < -0.39 is 5.97 Å². The summed E-state index contributed by atoms with van der Waals surface area (Å²) >= 11 is 0. The molecule has 1 unspecified atom stereocenters. The van der Waals surface area contributed by atoms with E-state index in [4.69, 9.17) is 5.11 Å². The number of nitrogens with one attached hydrogen (secondary N) is 2. The summed E-state index contributed by atoms with van der Waals surface area (Å²) in [6, 6.07) is -0.164. The Morgan fingerprint density at radius 3 is 2.09 bits per heavy atom. The summed E-state index contributed by atoms with van der Waals surface area (Å²) < 4.78 is 0. The zero-order chi connectivity index (χ0) is 16.8. The summed E-state index contributed by atoms with van der Waals surface area (Å²) in [7, 11) is 0. The molecule has 6 heteroatoms. The Morgan fingerprint density at radius 2 is 1.52 bits per heavy atom. The van der Waals surface area contributed by atoms with Gasteiger partial charge in [-0.05, 0) is 45.4 Å². The van der Waals surface area contributed by atoms with Crippen LogP contribution in [-0.4, -0.2) is 35.0 Å². The Bertz CT molecular complexity index is 438. The van der Waals surface area contributed by atoms with E-state index in [-0.39, 0.29) is 42.2 Å². The molecule has 2 fully saturated rings. The van der Waals surface area contributed by atoms with Gasteiger partial charge in [0.1, 0.15) is 0 Å². The molecule has 2 saturated carbocycles. The number of carbonyl (C=O) groups excluding carboxylic acids is 2. The van der Waals surface area contributed by atoms with Crippen molar-refractivity contribution in [2.45, 2.75) is 76.8 Å². The molecular formula is C17H28N2O4. The van der Waals surface area contributed by atoms with Gasteiger partial charge in [-0.3, -0.25) is 14.4 Å². The highest BCUT2D eigenvalue weighted by Gasteiger charge is 2.30. The van der Waals surface area contributed by atoms with Crippen molar-refractivity contribution in [1.29, 1.82) is 0 Å². The van der Waals surface area contributed by atoms with E-state index in [1.807, 2.05) is 0 Å². The van der Waals surface area contributed by atoms with E-state index in [2.05, 4.69) is 10.6 Å². The first-order valence-corrected chi connectivity index (χ1v) is 8.78. The molecule has 0 heterocycles. The lowest BCUT2D eigenvalue weighted by atomic mass is 9.85. The minimum Gasteiger partial charge on any atom is -0.481 e. The highest BCUT2D eigenvalue weighted by Crippen LogP contribution is 2.27. The van der Waals surface area contributed by atoms with Crippen LogP contribution in [0.25, 0.3) is 0 Å². The Kier molecular flexibility index (Phi) is 6.42. The van der Waals surface area contributed by atoms with Crippen molar-refractivity contribution >= 4 is 17.8 Å². The zero-order valence-corrected chi connectivity index (χ0v) is 13.8. The molecule has 1 atom stereocenters. The van der Waals surface area contributed by atoms with Crippen LogP contribution in [0.1, 0.15) is 64.7 Å². The fourth-order valence-corrected chi connectivity index (χ4v) is 3.68. The summed E-state index contributed by atoms with van der Waals surface area (Å²) in [4.78, 5) is 34.9. The van der Waals surface area contributed by atoms with E-state index in [9.17, 15) is 14.4 Å². The summed E-state index contributed by atoms with van der Waals surface area (Å²) in [5.74, 6) is -0.653. The van der Waals surface area contributed by atoms with Crippen molar-refractivity contribution in [1.82, 2.24) is 10.6 Å². The Hall–Kier alpha value is -1.59. The SMILES string of the molecule is CC(CC(=O)O)NC(=O)C1CCC(NC(=O)C2CCCC2)CC1. The van der Waals surface area contributed by atoms with E-state index >= 15 is 0 Å². The Balaban J connectivity index is 1.69. The van der Waals surface area contributed by atoms with Crippen LogP contribution in [0.15, 0.2) is 0 Å². The third-order valence-electron chi connectivity index (χ3n) is 5.04. The predicted molar refractivity (Wildman–Crippen MR) is 85.7 cm³/mol. The third kappa shape index (κ3) is 5.52. The fraction of sp³-hybridized carbons (Fsp3) is 0.824. The number of carbonyl (C=O) groups is 3. The molecule has 23 heavy (non-hydrogen) atoms. The minimum atomic E-state index is -0.906. The highest BCUT2D eigenvalue weighted by atomic mass is 16.4. The van der Waals surface area contributed by atoms with Gasteiger partial charge < -0.3 is 15.7 Å². The van der Waals surface area contributed by atoms with Gasteiger partial charge in [0, 0.05) is 23.9 Å². The number of hydrogen-bond donors (Lipinski definition) is 3. The van der Waals surface area contributed by atoms with Gasteiger partial charge in [-0.2, -0.15) is 0 Å². The number of carboxylic acid groups (broad SMARTS) is 1. The van der Waals surface area contributed by atoms with Crippen molar-refractivity contribution in [2.75, 3.05) is 0 Å². The van der Waals surface area contributed by atoms with E-state index in [0.29, 0.717) is 0 Å². The highest BCUT2D eigenvalue weighted by molar-refractivity contribution is 5.80. The maximum absolute atomic E-state index is 12.1. The molecule has 2 rings (SSSR count). The molecule has 2 aliphatic rings. The smallest absolute Gasteiger partial charge is 0.305 e. The van der Waals surface area contributed by atoms with Crippen LogP contribution < -0.4 is 10.6 Å². The third-order valence-corrected chi connectivity index (χ3v) is 5.04. The van der Waals surface area contributed by atoms with Gasteiger partial charge in [0.05, 0.1) is 6.42 Å². The Labute approximate surface area is 137 Å². The normalized spacial score (nSPS) is 26.5. The van der Waals surface area contributed by atoms with Gasteiger partial charge in [0.2, 0.25) is 11.8 Å². The minimum absolute atomic E-state index is 0.0562. The van der Waals surface area contributed by atoms with Crippen LogP contribution in [0.3, 0.4) is 0 Å². The standard InChI is InChI=1S/C17H28N2O4/c1-11(10-15(20)21)18-16(22)13-6-8-14(9-7-13)19-17(23)12-4-2-3-5-12/h11-14H,2-10H2,1H3,(H,18,22)(H,19,23)(H,20,21). The molecule has 3 N–H and O–H groups in total. The monoisotopic (exact) mass is 324 g/mol. The summed E-state index contributed by atoms with van der Waals surface area (Å²) in [5.41, 5.74) is 0. The molecule has 0 bridgehead atoms. The summed E-state index contributed by atoms with van der Waals surface area (Å²) in [5, 5.41) is 14.6. The molecule has 0 aromatic heterocycles. The number of hydrogen-bond acceptors (Lipinski definition) is 3. The molecule has 2 aliphatic carbocycles. The molecule has 130 valence electrons. The van der Waals surface area contributed by atoms with Crippen molar-refractivity contribution < 1.29 is 19.5 Å². The second-order valence-corrected chi connectivity index (χ2v) is 7.05.